The molecular formula is C16H20BrNO2S. The van der Waals surface area contributed by atoms with E-state index < -0.39 is 6.10 Å². The fourth-order valence-electron chi connectivity index (χ4n) is 1.96. The third kappa shape index (κ3) is 5.88. The molecule has 114 valence electrons. The standard InChI is InChI=1S/C16H20BrNO2S/c1-12(13-4-2-5-14(17)8-13)18-9-15(19)10-20-11-16-6-3-7-21-16/h2-8,12,15,18-19H,9-11H2,1H3/t12-,15?/m0/s1. The van der Waals surface area contributed by atoms with Crippen LogP contribution in [0.3, 0.4) is 0 Å². The number of aliphatic hydroxyl groups is 1. The van der Waals surface area contributed by atoms with Crippen molar-refractivity contribution in [1.82, 2.24) is 5.32 Å². The first-order valence-corrected chi connectivity index (χ1v) is 8.59. The summed E-state index contributed by atoms with van der Waals surface area (Å²) in [4.78, 5) is 1.18. The normalized spacial score (nSPS) is 14.0. The number of thiophene rings is 1. The first kappa shape index (κ1) is 16.6. The van der Waals surface area contributed by atoms with E-state index in [0.29, 0.717) is 19.8 Å². The van der Waals surface area contributed by atoms with Crippen LogP contribution in [0.2, 0.25) is 0 Å². The van der Waals surface area contributed by atoms with E-state index in [0.717, 1.165) is 4.47 Å². The van der Waals surface area contributed by atoms with Crippen molar-refractivity contribution < 1.29 is 9.84 Å². The number of hydrogen-bond donors (Lipinski definition) is 2. The molecule has 21 heavy (non-hydrogen) atoms. The molecule has 0 radical (unpaired) electrons. The second-order valence-corrected chi connectivity index (χ2v) is 6.88. The molecule has 3 nitrogen and oxygen atoms in total. The molecule has 5 heteroatoms. The monoisotopic (exact) mass is 369 g/mol. The number of benzene rings is 1. The van der Waals surface area contributed by atoms with Crippen LogP contribution in [0, 0.1) is 0 Å². The molecule has 0 fully saturated rings. The first-order chi connectivity index (χ1) is 10.1. The summed E-state index contributed by atoms with van der Waals surface area (Å²) in [5, 5.41) is 15.3. The van der Waals surface area contributed by atoms with Gasteiger partial charge in [-0.15, -0.1) is 11.3 Å². The summed E-state index contributed by atoms with van der Waals surface area (Å²) >= 11 is 5.13. The molecule has 2 rings (SSSR count). The third-order valence-electron chi connectivity index (χ3n) is 3.14. The first-order valence-electron chi connectivity index (χ1n) is 6.92. The van der Waals surface area contributed by atoms with Crippen molar-refractivity contribution in [3.63, 3.8) is 0 Å². The summed E-state index contributed by atoms with van der Waals surface area (Å²) < 4.78 is 6.57. The third-order valence-corrected chi connectivity index (χ3v) is 4.49. The molecule has 1 heterocycles. The van der Waals surface area contributed by atoms with E-state index in [1.54, 1.807) is 11.3 Å². The molecule has 1 unspecified atom stereocenters. The number of ether oxygens (including phenoxy) is 1. The maximum atomic E-state index is 9.93. The van der Waals surface area contributed by atoms with Crippen molar-refractivity contribution in [2.45, 2.75) is 25.7 Å². The largest absolute Gasteiger partial charge is 0.389 e. The predicted molar refractivity (Wildman–Crippen MR) is 90.5 cm³/mol. The van der Waals surface area contributed by atoms with E-state index in [4.69, 9.17) is 4.74 Å². The Morgan fingerprint density at radius 2 is 2.19 bits per heavy atom. The zero-order valence-corrected chi connectivity index (χ0v) is 14.4. The lowest BCUT2D eigenvalue weighted by Gasteiger charge is -2.17. The van der Waals surface area contributed by atoms with Gasteiger partial charge in [0.05, 0.1) is 19.3 Å². The number of hydrogen-bond acceptors (Lipinski definition) is 4. The van der Waals surface area contributed by atoms with Crippen LogP contribution in [0.4, 0.5) is 0 Å². The molecule has 0 amide bonds. The van der Waals surface area contributed by atoms with E-state index >= 15 is 0 Å². The Hall–Kier alpha value is -0.720. The second-order valence-electron chi connectivity index (χ2n) is 4.93. The van der Waals surface area contributed by atoms with E-state index in [1.807, 2.05) is 29.6 Å². The SMILES string of the molecule is C[C@H](NCC(O)COCc1cccs1)c1cccc(Br)c1. The summed E-state index contributed by atoms with van der Waals surface area (Å²) in [5.41, 5.74) is 1.19. The molecule has 2 N–H and O–H groups in total. The zero-order chi connectivity index (χ0) is 15.1. The van der Waals surface area contributed by atoms with Gasteiger partial charge in [0.2, 0.25) is 0 Å². The molecule has 1 aromatic carbocycles. The molecule has 0 saturated heterocycles. The fraction of sp³-hybridized carbons (Fsp3) is 0.375. The second kappa shape index (κ2) is 8.66. The number of rotatable bonds is 8. The van der Waals surface area contributed by atoms with Gasteiger partial charge in [-0.1, -0.05) is 34.1 Å². The van der Waals surface area contributed by atoms with Crippen LogP contribution in [0.1, 0.15) is 23.4 Å². The smallest absolute Gasteiger partial charge is 0.0898 e. The molecule has 0 aliphatic carbocycles. The minimum absolute atomic E-state index is 0.189. The van der Waals surface area contributed by atoms with Crippen LogP contribution < -0.4 is 5.32 Å². The van der Waals surface area contributed by atoms with Crippen LogP contribution in [-0.2, 0) is 11.3 Å². The highest BCUT2D eigenvalue weighted by molar-refractivity contribution is 9.10. The summed E-state index contributed by atoms with van der Waals surface area (Å²) in [7, 11) is 0. The van der Waals surface area contributed by atoms with Crippen LogP contribution in [0.15, 0.2) is 46.3 Å². The Balaban J connectivity index is 1.67. The molecule has 0 spiro atoms. The van der Waals surface area contributed by atoms with Crippen LogP contribution in [0.5, 0.6) is 0 Å². The van der Waals surface area contributed by atoms with Gasteiger partial charge in [0.1, 0.15) is 0 Å². The molecule has 1 aromatic heterocycles. The highest BCUT2D eigenvalue weighted by Crippen LogP contribution is 2.17. The Morgan fingerprint density at radius 3 is 2.90 bits per heavy atom. The highest BCUT2D eigenvalue weighted by atomic mass is 79.9. The van der Waals surface area contributed by atoms with Gasteiger partial charge >= 0.3 is 0 Å². The van der Waals surface area contributed by atoms with Crippen molar-refractivity contribution in [2.75, 3.05) is 13.2 Å². The summed E-state index contributed by atoms with van der Waals surface area (Å²) in [6.07, 6.45) is -0.500. The van der Waals surface area contributed by atoms with Gasteiger partial charge in [-0.2, -0.15) is 0 Å². The maximum Gasteiger partial charge on any atom is 0.0898 e. The van der Waals surface area contributed by atoms with Gasteiger partial charge in [-0.3, -0.25) is 0 Å². The van der Waals surface area contributed by atoms with E-state index in [2.05, 4.69) is 40.3 Å². The van der Waals surface area contributed by atoms with Gasteiger partial charge < -0.3 is 15.2 Å². The van der Waals surface area contributed by atoms with Crippen LogP contribution in [0.25, 0.3) is 0 Å². The van der Waals surface area contributed by atoms with Crippen molar-refractivity contribution in [1.29, 1.82) is 0 Å². The van der Waals surface area contributed by atoms with Gasteiger partial charge in [0, 0.05) is 21.9 Å². The van der Waals surface area contributed by atoms with Crippen molar-refractivity contribution in [3.8, 4) is 0 Å². The summed E-state index contributed by atoms with van der Waals surface area (Å²) in [6, 6.07) is 12.4. The van der Waals surface area contributed by atoms with Crippen molar-refractivity contribution in [2.24, 2.45) is 0 Å². The molecular weight excluding hydrogens is 350 g/mol. The van der Waals surface area contributed by atoms with E-state index in [-0.39, 0.29) is 6.04 Å². The van der Waals surface area contributed by atoms with Crippen molar-refractivity contribution in [3.05, 3.63) is 56.7 Å². The quantitative estimate of drug-likeness (QED) is 0.744. The van der Waals surface area contributed by atoms with E-state index in [9.17, 15) is 5.11 Å². The average molecular weight is 370 g/mol. The topological polar surface area (TPSA) is 41.5 Å². The van der Waals surface area contributed by atoms with Crippen LogP contribution in [-0.4, -0.2) is 24.4 Å². The fourth-order valence-corrected chi connectivity index (χ4v) is 3.01. The van der Waals surface area contributed by atoms with Gasteiger partial charge in [-0.25, -0.2) is 0 Å². The lowest BCUT2D eigenvalue weighted by molar-refractivity contribution is 0.0288. The number of halogens is 1. The number of nitrogens with one attached hydrogen (secondary N) is 1. The minimum Gasteiger partial charge on any atom is -0.389 e. The van der Waals surface area contributed by atoms with E-state index in [1.165, 1.54) is 10.4 Å². The summed E-state index contributed by atoms with van der Waals surface area (Å²) in [5.74, 6) is 0. The Bertz CT molecular complexity index is 533. The molecule has 0 bridgehead atoms. The molecule has 0 aliphatic heterocycles. The highest BCUT2D eigenvalue weighted by Gasteiger charge is 2.09. The molecule has 2 aromatic rings. The van der Waals surface area contributed by atoms with Gasteiger partial charge in [-0.05, 0) is 36.1 Å². The Labute approximate surface area is 138 Å². The Morgan fingerprint density at radius 1 is 1.33 bits per heavy atom. The lowest BCUT2D eigenvalue weighted by atomic mass is 10.1. The van der Waals surface area contributed by atoms with Gasteiger partial charge in [0.25, 0.3) is 0 Å². The molecule has 0 saturated carbocycles. The predicted octanol–water partition coefficient (Wildman–Crippen LogP) is 3.74. The number of aliphatic hydroxyl groups excluding tert-OH is 1. The van der Waals surface area contributed by atoms with Crippen molar-refractivity contribution >= 4 is 27.3 Å². The Kier molecular flexibility index (Phi) is 6.86. The molecule has 2 atom stereocenters. The maximum absolute atomic E-state index is 9.93. The molecule has 0 aliphatic rings. The van der Waals surface area contributed by atoms with Gasteiger partial charge in [0.15, 0.2) is 0 Å². The lowest BCUT2D eigenvalue weighted by Crippen LogP contribution is -2.32. The van der Waals surface area contributed by atoms with Crippen LogP contribution >= 0.6 is 27.3 Å². The minimum atomic E-state index is -0.500. The zero-order valence-electron chi connectivity index (χ0n) is 12.0. The summed E-state index contributed by atoms with van der Waals surface area (Å²) in [6.45, 7) is 3.51. The average Bonchev–Trinajstić information content (AvgIpc) is 2.98.